The van der Waals surface area contributed by atoms with Crippen LogP contribution < -0.4 is 5.73 Å². The standard InChI is InChI=1S/C10H8N2O2/c11-7-3-4-12-9(5-7)10-2-1-8(6-13)14-10/h1-6H,(H2,11,12). The number of pyridine rings is 1. The molecule has 0 aliphatic carbocycles. The second-order valence-electron chi connectivity index (χ2n) is 2.79. The molecule has 2 rings (SSSR count). The minimum absolute atomic E-state index is 0.282. The molecule has 0 amide bonds. The smallest absolute Gasteiger partial charge is 0.185 e. The third kappa shape index (κ3) is 1.50. The number of nitrogen functional groups attached to an aromatic ring is 1. The monoisotopic (exact) mass is 188 g/mol. The quantitative estimate of drug-likeness (QED) is 0.728. The zero-order chi connectivity index (χ0) is 9.97. The Morgan fingerprint density at radius 3 is 2.86 bits per heavy atom. The average Bonchev–Trinajstić information content (AvgIpc) is 2.66. The van der Waals surface area contributed by atoms with Crippen molar-refractivity contribution in [1.29, 1.82) is 0 Å². The first-order valence-electron chi connectivity index (χ1n) is 4.06. The SMILES string of the molecule is Nc1ccnc(-c2ccc(C=O)o2)c1. The van der Waals surface area contributed by atoms with Gasteiger partial charge in [0.25, 0.3) is 0 Å². The lowest BCUT2D eigenvalue weighted by atomic mass is 10.3. The third-order valence-electron chi connectivity index (χ3n) is 1.78. The normalized spacial score (nSPS) is 10.0. The molecule has 4 heteroatoms. The molecule has 2 heterocycles. The molecule has 0 aromatic carbocycles. The van der Waals surface area contributed by atoms with E-state index in [4.69, 9.17) is 10.2 Å². The van der Waals surface area contributed by atoms with Crippen LogP contribution >= 0.6 is 0 Å². The Labute approximate surface area is 80.4 Å². The second-order valence-corrected chi connectivity index (χ2v) is 2.79. The van der Waals surface area contributed by atoms with Gasteiger partial charge < -0.3 is 10.2 Å². The van der Waals surface area contributed by atoms with Gasteiger partial charge in [0, 0.05) is 11.9 Å². The highest BCUT2D eigenvalue weighted by Crippen LogP contribution is 2.20. The third-order valence-corrected chi connectivity index (χ3v) is 1.78. The molecular weight excluding hydrogens is 180 g/mol. The summed E-state index contributed by atoms with van der Waals surface area (Å²) >= 11 is 0. The Hall–Kier alpha value is -2.10. The summed E-state index contributed by atoms with van der Waals surface area (Å²) in [5, 5.41) is 0. The van der Waals surface area contributed by atoms with Gasteiger partial charge in [0.2, 0.25) is 0 Å². The molecule has 14 heavy (non-hydrogen) atoms. The minimum Gasteiger partial charge on any atom is -0.452 e. The molecule has 2 N–H and O–H groups in total. The van der Waals surface area contributed by atoms with Crippen LogP contribution in [0.25, 0.3) is 11.5 Å². The molecule has 0 unspecified atom stereocenters. The van der Waals surface area contributed by atoms with Gasteiger partial charge in [0.1, 0.15) is 5.69 Å². The average molecular weight is 188 g/mol. The van der Waals surface area contributed by atoms with Crippen molar-refractivity contribution in [3.63, 3.8) is 0 Å². The van der Waals surface area contributed by atoms with Gasteiger partial charge in [-0.1, -0.05) is 0 Å². The molecule has 0 aliphatic heterocycles. The summed E-state index contributed by atoms with van der Waals surface area (Å²) in [6.07, 6.45) is 2.24. The lowest BCUT2D eigenvalue weighted by Crippen LogP contribution is -1.87. The van der Waals surface area contributed by atoms with Gasteiger partial charge in [0.15, 0.2) is 17.8 Å². The number of hydrogen-bond donors (Lipinski definition) is 1. The van der Waals surface area contributed by atoms with Crippen LogP contribution in [0.15, 0.2) is 34.9 Å². The van der Waals surface area contributed by atoms with Crippen molar-refractivity contribution in [2.24, 2.45) is 0 Å². The van der Waals surface area contributed by atoms with Crippen molar-refractivity contribution in [3.8, 4) is 11.5 Å². The van der Waals surface area contributed by atoms with Gasteiger partial charge in [-0.3, -0.25) is 9.78 Å². The van der Waals surface area contributed by atoms with E-state index >= 15 is 0 Å². The van der Waals surface area contributed by atoms with E-state index in [1.165, 1.54) is 0 Å². The number of carbonyl (C=O) groups excluding carboxylic acids is 1. The van der Waals surface area contributed by atoms with Crippen molar-refractivity contribution < 1.29 is 9.21 Å². The van der Waals surface area contributed by atoms with E-state index in [9.17, 15) is 4.79 Å². The Bertz CT molecular complexity index is 463. The maximum Gasteiger partial charge on any atom is 0.185 e. The first-order chi connectivity index (χ1) is 6.79. The summed E-state index contributed by atoms with van der Waals surface area (Å²) in [6, 6.07) is 6.65. The van der Waals surface area contributed by atoms with E-state index in [1.807, 2.05) is 0 Å². The van der Waals surface area contributed by atoms with Gasteiger partial charge in [0.05, 0.1) is 0 Å². The molecule has 2 aromatic heterocycles. The molecule has 0 fully saturated rings. The number of nitrogens with zero attached hydrogens (tertiary/aromatic N) is 1. The largest absolute Gasteiger partial charge is 0.452 e. The van der Waals surface area contributed by atoms with Crippen LogP contribution in [0, 0.1) is 0 Å². The summed E-state index contributed by atoms with van der Waals surface area (Å²) in [5.74, 6) is 0.823. The summed E-state index contributed by atoms with van der Waals surface area (Å²) < 4.78 is 5.19. The molecule has 0 radical (unpaired) electrons. The van der Waals surface area contributed by atoms with Gasteiger partial charge >= 0.3 is 0 Å². The molecule has 0 bridgehead atoms. The van der Waals surface area contributed by atoms with Crippen LogP contribution in [0.5, 0.6) is 0 Å². The van der Waals surface area contributed by atoms with Crippen molar-refractivity contribution in [2.75, 3.05) is 5.73 Å². The Morgan fingerprint density at radius 1 is 1.36 bits per heavy atom. The molecular formula is C10H8N2O2. The molecule has 0 aliphatic rings. The van der Waals surface area contributed by atoms with Crippen molar-refractivity contribution in [3.05, 3.63) is 36.2 Å². The van der Waals surface area contributed by atoms with E-state index in [-0.39, 0.29) is 5.76 Å². The van der Waals surface area contributed by atoms with E-state index in [0.717, 1.165) is 0 Å². The van der Waals surface area contributed by atoms with E-state index in [0.29, 0.717) is 23.4 Å². The van der Waals surface area contributed by atoms with Crippen LogP contribution in [-0.4, -0.2) is 11.3 Å². The Morgan fingerprint density at radius 2 is 2.21 bits per heavy atom. The summed E-state index contributed by atoms with van der Waals surface area (Å²) in [6.45, 7) is 0. The number of hydrogen-bond acceptors (Lipinski definition) is 4. The molecule has 4 nitrogen and oxygen atoms in total. The minimum atomic E-state index is 0.282. The first kappa shape index (κ1) is 8.50. The van der Waals surface area contributed by atoms with Crippen LogP contribution in [0.1, 0.15) is 10.6 Å². The lowest BCUT2D eigenvalue weighted by molar-refractivity contribution is 0.110. The summed E-state index contributed by atoms with van der Waals surface area (Å²) in [4.78, 5) is 14.4. The predicted molar refractivity (Wildman–Crippen MR) is 51.7 cm³/mol. The maximum absolute atomic E-state index is 10.4. The molecule has 0 saturated carbocycles. The second kappa shape index (κ2) is 3.33. The number of aldehydes is 1. The highest BCUT2D eigenvalue weighted by molar-refractivity contribution is 5.72. The number of furan rings is 1. The molecule has 70 valence electrons. The van der Waals surface area contributed by atoms with Crippen molar-refractivity contribution in [2.45, 2.75) is 0 Å². The number of aromatic nitrogens is 1. The number of anilines is 1. The van der Waals surface area contributed by atoms with Crippen LogP contribution in [0.4, 0.5) is 5.69 Å². The van der Waals surface area contributed by atoms with Gasteiger partial charge in [-0.25, -0.2) is 0 Å². The molecule has 0 atom stereocenters. The van der Waals surface area contributed by atoms with Gasteiger partial charge in [-0.15, -0.1) is 0 Å². The number of nitrogens with two attached hydrogens (primary N) is 1. The topological polar surface area (TPSA) is 69.1 Å². The van der Waals surface area contributed by atoms with Crippen LogP contribution in [0.3, 0.4) is 0 Å². The molecule has 0 spiro atoms. The maximum atomic E-state index is 10.4. The van der Waals surface area contributed by atoms with Crippen LogP contribution in [-0.2, 0) is 0 Å². The van der Waals surface area contributed by atoms with E-state index < -0.39 is 0 Å². The zero-order valence-corrected chi connectivity index (χ0v) is 7.31. The molecule has 2 aromatic rings. The van der Waals surface area contributed by atoms with Crippen molar-refractivity contribution >= 4 is 12.0 Å². The van der Waals surface area contributed by atoms with Crippen LogP contribution in [0.2, 0.25) is 0 Å². The zero-order valence-electron chi connectivity index (χ0n) is 7.31. The lowest BCUT2D eigenvalue weighted by Gasteiger charge is -1.96. The fourth-order valence-corrected chi connectivity index (χ4v) is 1.14. The van der Waals surface area contributed by atoms with Gasteiger partial charge in [-0.2, -0.15) is 0 Å². The Kier molecular flexibility index (Phi) is 2.02. The summed E-state index contributed by atoms with van der Waals surface area (Å²) in [7, 11) is 0. The summed E-state index contributed by atoms with van der Waals surface area (Å²) in [5.41, 5.74) is 6.82. The predicted octanol–water partition coefficient (Wildman–Crippen LogP) is 1.74. The van der Waals surface area contributed by atoms with Crippen molar-refractivity contribution in [1.82, 2.24) is 4.98 Å². The highest BCUT2D eigenvalue weighted by Gasteiger charge is 2.04. The number of rotatable bonds is 2. The highest BCUT2D eigenvalue weighted by atomic mass is 16.3. The Balaban J connectivity index is 2.43. The van der Waals surface area contributed by atoms with E-state index in [2.05, 4.69) is 4.98 Å². The van der Waals surface area contributed by atoms with E-state index in [1.54, 1.807) is 30.5 Å². The first-order valence-corrected chi connectivity index (χ1v) is 4.06. The number of carbonyl (C=O) groups is 1. The van der Waals surface area contributed by atoms with Gasteiger partial charge in [-0.05, 0) is 24.3 Å². The fraction of sp³-hybridized carbons (Fsp3) is 0. The fourth-order valence-electron chi connectivity index (χ4n) is 1.14. The molecule has 0 saturated heterocycles.